The van der Waals surface area contributed by atoms with Gasteiger partial charge in [0.05, 0.1) is 28.8 Å². The van der Waals surface area contributed by atoms with Crippen LogP contribution in [0.5, 0.6) is 0 Å². The van der Waals surface area contributed by atoms with Gasteiger partial charge in [0, 0.05) is 11.2 Å². The summed E-state index contributed by atoms with van der Waals surface area (Å²) in [7, 11) is -1.20. The van der Waals surface area contributed by atoms with Gasteiger partial charge in [-0.1, -0.05) is 64.1 Å². The van der Waals surface area contributed by atoms with Crippen molar-refractivity contribution >= 4 is 16.8 Å². The summed E-state index contributed by atoms with van der Waals surface area (Å²) in [5.41, 5.74) is 4.98. The van der Waals surface area contributed by atoms with Crippen molar-refractivity contribution in [3.63, 3.8) is 0 Å². The highest BCUT2D eigenvalue weighted by atomic mass is 32.2. The number of aliphatic hydroxyl groups is 1. The van der Waals surface area contributed by atoms with Crippen LogP contribution < -0.4 is 0 Å². The van der Waals surface area contributed by atoms with Gasteiger partial charge in [0.2, 0.25) is 0 Å². The number of aromatic nitrogens is 2. The van der Waals surface area contributed by atoms with Gasteiger partial charge in [-0.2, -0.15) is 5.10 Å². The second-order valence-electron chi connectivity index (χ2n) is 7.17. The Labute approximate surface area is 186 Å². The maximum Gasteiger partial charge on any atom is 0.325 e. The van der Waals surface area contributed by atoms with E-state index in [0.717, 1.165) is 28.1 Å². The lowest BCUT2D eigenvalue weighted by Crippen LogP contribution is -2.11. The third kappa shape index (κ3) is 5.89. The zero-order valence-electron chi connectivity index (χ0n) is 18.6. The molecule has 0 amide bonds. The fraction of sp³-hybridized carbons (Fsp3) is 0.333. The smallest absolute Gasteiger partial charge is 0.325 e. The van der Waals surface area contributed by atoms with Crippen molar-refractivity contribution < 1.29 is 19.2 Å². The molecule has 0 radical (unpaired) electrons. The minimum absolute atomic E-state index is 0.153. The van der Waals surface area contributed by atoms with Gasteiger partial charge >= 0.3 is 5.97 Å². The molecule has 2 aromatic carbocycles. The molecule has 0 bridgehead atoms. The van der Waals surface area contributed by atoms with E-state index in [9.17, 15) is 19.2 Å². The molecule has 0 saturated carbocycles. The number of benzene rings is 2. The van der Waals surface area contributed by atoms with Gasteiger partial charge in [0.15, 0.2) is 0 Å². The van der Waals surface area contributed by atoms with Crippen molar-refractivity contribution in [2.24, 2.45) is 0 Å². The number of carboxylic acids is 1. The van der Waals surface area contributed by atoms with Crippen molar-refractivity contribution in [2.45, 2.75) is 51.7 Å². The van der Waals surface area contributed by atoms with E-state index in [1.165, 1.54) is 4.68 Å². The molecule has 0 spiro atoms. The molecule has 3 rings (SSSR count). The van der Waals surface area contributed by atoms with Gasteiger partial charge in [-0.05, 0) is 40.3 Å². The first kappa shape index (κ1) is 24.5. The summed E-state index contributed by atoms with van der Waals surface area (Å²) in [6.45, 7) is 7.69. The molecule has 6 nitrogen and oxygen atoms in total. The van der Waals surface area contributed by atoms with Crippen LogP contribution in [0.3, 0.4) is 0 Å². The lowest BCUT2D eigenvalue weighted by Gasteiger charge is -2.10. The molecule has 1 unspecified atom stereocenters. The average molecular weight is 443 g/mol. The maximum atomic E-state index is 12.0. The Morgan fingerprint density at radius 3 is 2.13 bits per heavy atom. The summed E-state index contributed by atoms with van der Waals surface area (Å²) in [4.78, 5) is 11.8. The molecule has 0 saturated heterocycles. The molecule has 1 heterocycles. The van der Waals surface area contributed by atoms with Crippen LogP contribution in [-0.2, 0) is 28.7 Å². The molecule has 1 atom stereocenters. The number of nitrogens with zero attached hydrogens (tertiary/aromatic N) is 2. The van der Waals surface area contributed by atoms with Gasteiger partial charge in [0.25, 0.3) is 0 Å². The van der Waals surface area contributed by atoms with E-state index in [1.54, 1.807) is 12.3 Å². The Morgan fingerprint density at radius 2 is 1.61 bits per heavy atom. The lowest BCUT2D eigenvalue weighted by atomic mass is 10.0. The van der Waals surface area contributed by atoms with Gasteiger partial charge < -0.3 is 10.2 Å². The van der Waals surface area contributed by atoms with Crippen LogP contribution in [0.2, 0.25) is 0 Å². The van der Waals surface area contributed by atoms with Gasteiger partial charge in [-0.15, -0.1) is 0 Å². The van der Waals surface area contributed by atoms with E-state index in [2.05, 4.69) is 5.10 Å². The first-order valence-corrected chi connectivity index (χ1v) is 11.8. The van der Waals surface area contributed by atoms with E-state index >= 15 is 0 Å². The number of hydrogen-bond donors (Lipinski definition) is 2. The van der Waals surface area contributed by atoms with E-state index in [1.807, 2.05) is 70.2 Å². The highest BCUT2D eigenvalue weighted by Gasteiger charge is 2.15. The van der Waals surface area contributed by atoms with Crippen LogP contribution in [0, 0.1) is 0 Å². The van der Waals surface area contributed by atoms with Crippen LogP contribution in [0.25, 0.3) is 22.4 Å². The number of aliphatic hydroxyl groups excluding tert-OH is 1. The molecule has 31 heavy (non-hydrogen) atoms. The molecule has 0 fully saturated rings. The van der Waals surface area contributed by atoms with Crippen molar-refractivity contribution in [1.82, 2.24) is 9.78 Å². The van der Waals surface area contributed by atoms with Gasteiger partial charge in [-0.25, -0.2) is 0 Å². The summed E-state index contributed by atoms with van der Waals surface area (Å²) < 4.78 is 13.5. The number of rotatable bonds is 7. The van der Waals surface area contributed by atoms with E-state index in [0.29, 0.717) is 10.5 Å². The Bertz CT molecular complexity index is 1060. The van der Waals surface area contributed by atoms with Crippen LogP contribution in [0.15, 0.2) is 53.4 Å². The van der Waals surface area contributed by atoms with Crippen LogP contribution >= 0.6 is 0 Å². The molecule has 1 aromatic heterocycles. The van der Waals surface area contributed by atoms with Crippen LogP contribution in [-0.4, -0.2) is 36.4 Å². The topological polar surface area (TPSA) is 92.4 Å². The fourth-order valence-electron chi connectivity index (χ4n) is 3.17. The number of carboxylic acid groups (broad SMARTS) is 1. The van der Waals surface area contributed by atoms with Crippen molar-refractivity contribution in [2.75, 3.05) is 6.26 Å². The highest BCUT2D eigenvalue weighted by Crippen LogP contribution is 2.29. The molecule has 2 N–H and O–H groups in total. The largest absolute Gasteiger partial charge is 0.480 e. The Balaban J connectivity index is 0.00000166. The molecule has 0 aliphatic carbocycles. The van der Waals surface area contributed by atoms with Crippen molar-refractivity contribution in [3.05, 3.63) is 59.8 Å². The first-order valence-electron chi connectivity index (χ1n) is 10.3. The summed E-state index contributed by atoms with van der Waals surface area (Å²) in [6.07, 6.45) is 1.59. The Hall–Kier alpha value is -2.77. The predicted molar refractivity (Wildman–Crippen MR) is 124 cm³/mol. The molecular formula is C24H30N2O4S. The third-order valence-electron chi connectivity index (χ3n) is 4.74. The number of aliphatic carboxylic acids is 1. The van der Waals surface area contributed by atoms with Crippen molar-refractivity contribution in [1.29, 1.82) is 0 Å². The van der Waals surface area contributed by atoms with E-state index in [-0.39, 0.29) is 19.1 Å². The number of carbonyl (C=O) groups is 1. The minimum Gasteiger partial charge on any atom is -0.480 e. The third-order valence-corrected chi connectivity index (χ3v) is 5.74. The first-order chi connectivity index (χ1) is 14.8. The molecule has 0 aliphatic rings. The standard InChI is InChI=1S/C22H24N2O4S.C2H6/c1-14(2)19-11-20(24(23-19)12-22(26)27)16-6-4-15(5-7-16)17-8-9-18(13-25)21(10-17)29(3)28;1-2/h4-11,14,25H,12-13H2,1-3H3,(H,26,27);1-2H3. The lowest BCUT2D eigenvalue weighted by molar-refractivity contribution is -0.137. The van der Waals surface area contributed by atoms with Crippen LogP contribution in [0.1, 0.15) is 44.9 Å². The summed E-state index contributed by atoms with van der Waals surface area (Å²) in [5, 5.41) is 23.1. The zero-order valence-corrected chi connectivity index (χ0v) is 19.4. The van der Waals surface area contributed by atoms with Crippen molar-refractivity contribution in [3.8, 4) is 22.4 Å². The fourth-order valence-corrected chi connectivity index (χ4v) is 3.96. The molecule has 0 aliphatic heterocycles. The van der Waals surface area contributed by atoms with Gasteiger partial charge in [-0.3, -0.25) is 13.7 Å². The van der Waals surface area contributed by atoms with Crippen LogP contribution in [0.4, 0.5) is 0 Å². The van der Waals surface area contributed by atoms with E-state index in [4.69, 9.17) is 0 Å². The molecular weight excluding hydrogens is 412 g/mol. The van der Waals surface area contributed by atoms with Gasteiger partial charge in [0.1, 0.15) is 6.54 Å². The quantitative estimate of drug-likeness (QED) is 0.554. The normalized spacial score (nSPS) is 11.7. The zero-order chi connectivity index (χ0) is 23.1. The second kappa shape index (κ2) is 11.0. The summed E-state index contributed by atoms with van der Waals surface area (Å²) in [5.74, 6) is -0.744. The predicted octanol–water partition coefficient (Wildman–Crippen LogP) is 4.68. The SMILES string of the molecule is CC.CC(C)c1cc(-c2ccc(-c3ccc(CO)c(S(C)=O)c3)cc2)n(CC(=O)O)n1. The summed E-state index contributed by atoms with van der Waals surface area (Å²) >= 11 is 0. The molecule has 3 aromatic rings. The molecule has 7 heteroatoms. The highest BCUT2D eigenvalue weighted by molar-refractivity contribution is 7.84. The monoisotopic (exact) mass is 442 g/mol. The second-order valence-corrected chi connectivity index (χ2v) is 8.52. The molecule has 166 valence electrons. The Kier molecular flexibility index (Phi) is 8.71. The number of hydrogen-bond acceptors (Lipinski definition) is 4. The summed E-state index contributed by atoms with van der Waals surface area (Å²) in [6, 6.07) is 15.2. The Morgan fingerprint density at radius 1 is 1.03 bits per heavy atom. The average Bonchev–Trinajstić information content (AvgIpc) is 3.18. The maximum absolute atomic E-state index is 12.0. The minimum atomic E-state index is -1.20. The van der Waals surface area contributed by atoms with E-state index < -0.39 is 16.8 Å².